The van der Waals surface area contributed by atoms with E-state index in [-0.39, 0.29) is 4.91 Å². The molecule has 0 aliphatic heterocycles. The summed E-state index contributed by atoms with van der Waals surface area (Å²) in [4.78, 5) is -0.196. The number of ether oxygens (including phenoxy) is 3. The average molecular weight is 288 g/mol. The van der Waals surface area contributed by atoms with Crippen LogP contribution >= 0.6 is 0 Å². The topological polar surface area (TPSA) is 82.1 Å². The van der Waals surface area contributed by atoms with Crippen LogP contribution in [-0.2, 0) is 10.1 Å². The van der Waals surface area contributed by atoms with Crippen LogP contribution in [-0.4, -0.2) is 34.3 Å². The molecule has 0 saturated carbocycles. The van der Waals surface area contributed by atoms with E-state index in [9.17, 15) is 8.42 Å². The van der Waals surface area contributed by atoms with Gasteiger partial charge in [0.1, 0.15) is 5.75 Å². The summed E-state index contributed by atoms with van der Waals surface area (Å²) in [5.41, 5.74) is 0.454. The van der Waals surface area contributed by atoms with Crippen molar-refractivity contribution in [1.82, 2.24) is 0 Å². The zero-order chi connectivity index (χ0) is 14.6. The van der Waals surface area contributed by atoms with Crippen molar-refractivity contribution in [2.45, 2.75) is 6.92 Å². The van der Waals surface area contributed by atoms with Gasteiger partial charge in [-0.2, -0.15) is 8.42 Å². The Morgan fingerprint density at radius 3 is 1.95 bits per heavy atom. The Balaban J connectivity index is 3.43. The largest absolute Gasteiger partial charge is 0.496 e. The van der Waals surface area contributed by atoms with E-state index in [0.29, 0.717) is 22.8 Å². The third kappa shape index (κ3) is 3.62. The molecule has 0 heterocycles. The highest BCUT2D eigenvalue weighted by Gasteiger charge is 2.13. The van der Waals surface area contributed by atoms with Crippen molar-refractivity contribution in [3.8, 4) is 17.2 Å². The van der Waals surface area contributed by atoms with Gasteiger partial charge in [-0.15, -0.1) is 0 Å². The minimum absolute atomic E-state index is 0.196. The fraction of sp³-hybridized carbons (Fsp3) is 0.333. The lowest BCUT2D eigenvalue weighted by Crippen LogP contribution is -1.99. The molecule has 0 amide bonds. The van der Waals surface area contributed by atoms with Crippen molar-refractivity contribution in [2.24, 2.45) is 0 Å². The molecule has 0 fully saturated rings. The Morgan fingerprint density at radius 2 is 1.53 bits per heavy atom. The first-order chi connectivity index (χ1) is 8.83. The maximum Gasteiger partial charge on any atom is 0.290 e. The molecule has 1 N–H and O–H groups in total. The van der Waals surface area contributed by atoms with Crippen LogP contribution in [0.25, 0.3) is 6.08 Å². The first kappa shape index (κ1) is 15.3. The van der Waals surface area contributed by atoms with Crippen molar-refractivity contribution < 1.29 is 27.2 Å². The number of hydrogen-bond acceptors (Lipinski definition) is 5. The van der Waals surface area contributed by atoms with Crippen molar-refractivity contribution in [1.29, 1.82) is 0 Å². The van der Waals surface area contributed by atoms with Gasteiger partial charge in [0.25, 0.3) is 10.1 Å². The van der Waals surface area contributed by atoms with Gasteiger partial charge in [0.05, 0.1) is 26.2 Å². The Kier molecular flexibility index (Phi) is 4.79. The number of benzene rings is 1. The summed E-state index contributed by atoms with van der Waals surface area (Å²) in [6.07, 6.45) is 1.29. The smallest absolute Gasteiger partial charge is 0.290 e. The molecule has 0 aromatic heterocycles. The third-order valence-corrected chi connectivity index (χ3v) is 3.43. The molecule has 0 aliphatic carbocycles. The van der Waals surface area contributed by atoms with E-state index in [1.165, 1.54) is 34.3 Å². The Bertz CT molecular complexity index is 588. The van der Waals surface area contributed by atoms with Gasteiger partial charge >= 0.3 is 0 Å². The van der Waals surface area contributed by atoms with Crippen LogP contribution in [0.3, 0.4) is 0 Å². The molecule has 1 rings (SSSR count). The standard InChI is InChI=1S/C12H16O6S/c1-8(19(13,14)15)5-9-6-11(17-3)12(18-4)7-10(9)16-2/h5-7H,1-4H3,(H,13,14,15)/b8-5-. The monoisotopic (exact) mass is 288 g/mol. The molecule has 0 radical (unpaired) electrons. The molecule has 0 spiro atoms. The number of hydrogen-bond donors (Lipinski definition) is 1. The van der Waals surface area contributed by atoms with Crippen molar-refractivity contribution in [2.75, 3.05) is 21.3 Å². The van der Waals surface area contributed by atoms with Crippen LogP contribution in [0.5, 0.6) is 17.2 Å². The highest BCUT2D eigenvalue weighted by Crippen LogP contribution is 2.35. The molecule has 0 saturated heterocycles. The van der Waals surface area contributed by atoms with Gasteiger partial charge in [-0.05, 0) is 19.1 Å². The molecule has 1 aromatic rings. The van der Waals surface area contributed by atoms with E-state index in [1.807, 2.05) is 0 Å². The minimum atomic E-state index is -4.23. The summed E-state index contributed by atoms with van der Waals surface area (Å²) in [7, 11) is 0.166. The van der Waals surface area contributed by atoms with E-state index >= 15 is 0 Å². The molecule has 7 heteroatoms. The number of allylic oxidation sites excluding steroid dienone is 1. The summed E-state index contributed by atoms with van der Waals surface area (Å²) in [6.45, 7) is 1.28. The van der Waals surface area contributed by atoms with Crippen LogP contribution < -0.4 is 14.2 Å². The predicted octanol–water partition coefficient (Wildman–Crippen LogP) is 1.96. The van der Waals surface area contributed by atoms with Gasteiger partial charge in [-0.3, -0.25) is 4.55 Å². The van der Waals surface area contributed by atoms with Crippen LogP contribution in [0.15, 0.2) is 17.0 Å². The number of rotatable bonds is 5. The summed E-state index contributed by atoms with van der Waals surface area (Å²) in [5.74, 6) is 1.29. The molecule has 6 nitrogen and oxygen atoms in total. The third-order valence-electron chi connectivity index (χ3n) is 2.50. The van der Waals surface area contributed by atoms with Crippen LogP contribution in [0, 0.1) is 0 Å². The molecule has 0 bridgehead atoms. The zero-order valence-corrected chi connectivity index (χ0v) is 11.9. The Labute approximate surface area is 112 Å². The van der Waals surface area contributed by atoms with Gasteiger partial charge in [0.2, 0.25) is 0 Å². The van der Waals surface area contributed by atoms with Crippen molar-refractivity contribution in [3.63, 3.8) is 0 Å². The molecule has 106 valence electrons. The van der Waals surface area contributed by atoms with E-state index in [0.717, 1.165) is 0 Å². The Hall–Kier alpha value is -1.73. The quantitative estimate of drug-likeness (QED) is 0.834. The van der Waals surface area contributed by atoms with E-state index < -0.39 is 10.1 Å². The molecule has 0 aliphatic rings. The molecule has 0 atom stereocenters. The summed E-state index contributed by atoms with van der Waals surface area (Å²) < 4.78 is 46.3. The second-order valence-electron chi connectivity index (χ2n) is 3.68. The van der Waals surface area contributed by atoms with Crippen molar-refractivity contribution >= 4 is 16.2 Å². The van der Waals surface area contributed by atoms with Crippen LogP contribution in [0.2, 0.25) is 0 Å². The average Bonchev–Trinajstić information content (AvgIpc) is 2.36. The molecule has 0 unspecified atom stereocenters. The summed E-state index contributed by atoms with van der Waals surface area (Å²) in [5, 5.41) is 0. The lowest BCUT2D eigenvalue weighted by atomic mass is 10.1. The second kappa shape index (κ2) is 5.94. The molecular weight excluding hydrogens is 272 g/mol. The zero-order valence-electron chi connectivity index (χ0n) is 11.1. The predicted molar refractivity (Wildman–Crippen MR) is 71.3 cm³/mol. The van der Waals surface area contributed by atoms with E-state index in [4.69, 9.17) is 18.8 Å². The summed E-state index contributed by atoms with van der Waals surface area (Å²) in [6, 6.07) is 3.13. The maximum absolute atomic E-state index is 11.0. The molecule has 1 aromatic carbocycles. The Morgan fingerprint density at radius 1 is 1.05 bits per heavy atom. The van der Waals surface area contributed by atoms with Gasteiger partial charge in [0, 0.05) is 11.6 Å². The lowest BCUT2D eigenvalue weighted by molar-refractivity contribution is 0.348. The van der Waals surface area contributed by atoms with Crippen LogP contribution in [0.1, 0.15) is 12.5 Å². The fourth-order valence-electron chi connectivity index (χ4n) is 1.46. The molecular formula is C12H16O6S. The maximum atomic E-state index is 11.0. The fourth-order valence-corrected chi connectivity index (χ4v) is 1.73. The normalized spacial score (nSPS) is 12.2. The highest BCUT2D eigenvalue weighted by molar-refractivity contribution is 7.89. The SMILES string of the molecule is COc1cc(OC)c(OC)cc1/C=C(/C)S(=O)(=O)O. The lowest BCUT2D eigenvalue weighted by Gasteiger charge is -2.12. The molecule has 19 heavy (non-hydrogen) atoms. The first-order valence-corrected chi connectivity index (χ1v) is 6.73. The second-order valence-corrected chi connectivity index (χ2v) is 5.27. The van der Waals surface area contributed by atoms with Gasteiger partial charge in [-0.1, -0.05) is 0 Å². The van der Waals surface area contributed by atoms with Crippen molar-refractivity contribution in [3.05, 3.63) is 22.6 Å². The van der Waals surface area contributed by atoms with E-state index in [1.54, 1.807) is 12.1 Å². The van der Waals surface area contributed by atoms with Crippen LogP contribution in [0.4, 0.5) is 0 Å². The highest BCUT2D eigenvalue weighted by atomic mass is 32.2. The van der Waals surface area contributed by atoms with Gasteiger partial charge < -0.3 is 14.2 Å². The van der Waals surface area contributed by atoms with Gasteiger partial charge in [0.15, 0.2) is 11.5 Å². The minimum Gasteiger partial charge on any atom is -0.496 e. The number of methoxy groups -OCH3 is 3. The summed E-state index contributed by atoms with van der Waals surface area (Å²) >= 11 is 0. The van der Waals surface area contributed by atoms with E-state index in [2.05, 4.69) is 0 Å². The first-order valence-electron chi connectivity index (χ1n) is 5.29. The van der Waals surface area contributed by atoms with Gasteiger partial charge in [-0.25, -0.2) is 0 Å².